The van der Waals surface area contributed by atoms with E-state index in [9.17, 15) is 28.0 Å². The predicted octanol–water partition coefficient (Wildman–Crippen LogP) is 3.29. The maximum Gasteiger partial charge on any atom is 0.233 e. The van der Waals surface area contributed by atoms with E-state index in [0.29, 0.717) is 38.5 Å². The summed E-state index contributed by atoms with van der Waals surface area (Å²) in [5, 5.41) is 13.6. The number of aryl methyl sites for hydroxylation is 1. The van der Waals surface area contributed by atoms with Crippen LogP contribution in [0.25, 0.3) is 0 Å². The SMILES string of the molecule is CS(=O)(=O)NC(=O)CCCC=CCC1C(=O)CC(N=O)C1CCC(O)CCc1ccccc1. The third-order valence-electron chi connectivity index (χ3n) is 6.04. The summed E-state index contributed by atoms with van der Waals surface area (Å²) >= 11 is 0. The number of hydrogen-bond donors (Lipinski definition) is 2. The Morgan fingerprint density at radius 2 is 1.97 bits per heavy atom. The second kappa shape index (κ2) is 13.3. The largest absolute Gasteiger partial charge is 0.393 e. The van der Waals surface area contributed by atoms with E-state index in [0.717, 1.165) is 18.2 Å². The summed E-state index contributed by atoms with van der Waals surface area (Å²) in [5.41, 5.74) is 1.16. The molecular formula is C24H34N2O6S. The van der Waals surface area contributed by atoms with E-state index in [4.69, 9.17) is 0 Å². The van der Waals surface area contributed by atoms with Crippen LogP contribution in [-0.2, 0) is 26.0 Å². The van der Waals surface area contributed by atoms with Crippen molar-refractivity contribution in [1.82, 2.24) is 4.72 Å². The number of ketones is 1. The van der Waals surface area contributed by atoms with Crippen LogP contribution in [-0.4, -0.2) is 43.6 Å². The molecular weight excluding hydrogens is 444 g/mol. The zero-order valence-electron chi connectivity index (χ0n) is 19.1. The molecule has 9 heteroatoms. The predicted molar refractivity (Wildman–Crippen MR) is 127 cm³/mol. The number of Topliss-reactive ketones (excluding diaryl/α,β-unsaturated/α-hetero) is 1. The second-order valence-electron chi connectivity index (χ2n) is 8.77. The van der Waals surface area contributed by atoms with Crippen molar-refractivity contribution in [3.63, 3.8) is 0 Å². The van der Waals surface area contributed by atoms with E-state index >= 15 is 0 Å². The van der Waals surface area contributed by atoms with Gasteiger partial charge >= 0.3 is 0 Å². The number of allylic oxidation sites excluding steroid dienone is 2. The van der Waals surface area contributed by atoms with Crippen LogP contribution in [0, 0.1) is 16.7 Å². The van der Waals surface area contributed by atoms with Crippen LogP contribution in [0.1, 0.15) is 56.9 Å². The van der Waals surface area contributed by atoms with Gasteiger partial charge in [0.2, 0.25) is 15.9 Å². The Morgan fingerprint density at radius 3 is 2.64 bits per heavy atom. The summed E-state index contributed by atoms with van der Waals surface area (Å²) in [6.45, 7) is 0. The lowest BCUT2D eigenvalue weighted by Gasteiger charge is -2.21. The molecule has 0 radical (unpaired) electrons. The number of nitroso groups, excluding NO2 is 1. The molecule has 1 aromatic carbocycles. The summed E-state index contributed by atoms with van der Waals surface area (Å²) in [6.07, 6.45) is 8.49. The smallest absolute Gasteiger partial charge is 0.233 e. The maximum absolute atomic E-state index is 12.4. The summed E-state index contributed by atoms with van der Waals surface area (Å²) in [7, 11) is -3.54. The van der Waals surface area contributed by atoms with E-state index in [1.54, 1.807) is 0 Å². The Morgan fingerprint density at radius 1 is 1.24 bits per heavy atom. The van der Waals surface area contributed by atoms with Crippen molar-refractivity contribution >= 4 is 21.7 Å². The van der Waals surface area contributed by atoms with E-state index < -0.39 is 28.1 Å². The highest BCUT2D eigenvalue weighted by atomic mass is 32.2. The van der Waals surface area contributed by atoms with Crippen molar-refractivity contribution in [3.8, 4) is 0 Å². The number of aliphatic hydroxyl groups is 1. The molecule has 1 aliphatic rings. The molecule has 182 valence electrons. The molecule has 2 N–H and O–H groups in total. The number of rotatable bonds is 14. The van der Waals surface area contributed by atoms with Gasteiger partial charge in [0.15, 0.2) is 0 Å². The second-order valence-corrected chi connectivity index (χ2v) is 10.5. The molecule has 2 rings (SSSR count). The number of unbranched alkanes of at least 4 members (excludes halogenated alkanes) is 1. The van der Waals surface area contributed by atoms with Gasteiger partial charge in [0.25, 0.3) is 0 Å². The number of amides is 1. The van der Waals surface area contributed by atoms with Crippen molar-refractivity contribution in [1.29, 1.82) is 0 Å². The normalized spacial score (nSPS) is 21.9. The minimum absolute atomic E-state index is 0.0283. The number of benzene rings is 1. The Bertz CT molecular complexity index is 916. The molecule has 1 aromatic rings. The van der Waals surface area contributed by atoms with Crippen molar-refractivity contribution < 1.29 is 23.1 Å². The highest BCUT2D eigenvalue weighted by Crippen LogP contribution is 2.37. The van der Waals surface area contributed by atoms with Gasteiger partial charge in [0, 0.05) is 18.8 Å². The monoisotopic (exact) mass is 478 g/mol. The molecule has 1 saturated carbocycles. The molecule has 33 heavy (non-hydrogen) atoms. The first kappa shape index (κ1) is 26.9. The van der Waals surface area contributed by atoms with Gasteiger partial charge in [-0.05, 0) is 56.4 Å². The number of aliphatic hydroxyl groups excluding tert-OH is 1. The van der Waals surface area contributed by atoms with Crippen LogP contribution < -0.4 is 4.72 Å². The molecule has 0 spiro atoms. The zero-order chi connectivity index (χ0) is 24.3. The van der Waals surface area contributed by atoms with Gasteiger partial charge in [-0.2, -0.15) is 4.91 Å². The first-order chi connectivity index (χ1) is 15.7. The Balaban J connectivity index is 1.77. The molecule has 4 atom stereocenters. The van der Waals surface area contributed by atoms with Gasteiger partial charge in [0.05, 0.1) is 12.4 Å². The number of hydrogen-bond acceptors (Lipinski definition) is 7. The fourth-order valence-electron chi connectivity index (χ4n) is 4.34. The maximum atomic E-state index is 12.4. The van der Waals surface area contributed by atoms with Crippen molar-refractivity contribution in [3.05, 3.63) is 53.0 Å². The minimum Gasteiger partial charge on any atom is -0.393 e. The molecule has 0 aliphatic heterocycles. The number of nitrogens with one attached hydrogen (secondary N) is 1. The number of nitrogens with zero attached hydrogens (tertiary/aromatic N) is 1. The van der Waals surface area contributed by atoms with Crippen LogP contribution >= 0.6 is 0 Å². The molecule has 1 amide bonds. The average Bonchev–Trinajstić information content (AvgIpc) is 3.07. The molecule has 0 bridgehead atoms. The van der Waals surface area contributed by atoms with Crippen LogP contribution in [0.4, 0.5) is 0 Å². The molecule has 1 fully saturated rings. The fraction of sp³-hybridized carbons (Fsp3) is 0.583. The van der Waals surface area contributed by atoms with Crippen molar-refractivity contribution in [2.24, 2.45) is 17.0 Å². The summed E-state index contributed by atoms with van der Waals surface area (Å²) < 4.78 is 23.9. The van der Waals surface area contributed by atoms with Crippen LogP contribution in [0.3, 0.4) is 0 Å². The molecule has 0 heterocycles. The number of carbonyl (C=O) groups excluding carboxylic acids is 2. The first-order valence-electron chi connectivity index (χ1n) is 11.4. The molecule has 0 aromatic heterocycles. The van der Waals surface area contributed by atoms with Gasteiger partial charge in [0.1, 0.15) is 11.8 Å². The van der Waals surface area contributed by atoms with Crippen molar-refractivity contribution in [2.45, 2.75) is 69.9 Å². The number of carbonyl (C=O) groups is 2. The third-order valence-corrected chi connectivity index (χ3v) is 6.64. The molecule has 1 aliphatic carbocycles. The number of sulfonamides is 1. The molecule has 4 unspecified atom stereocenters. The summed E-state index contributed by atoms with van der Waals surface area (Å²) in [4.78, 5) is 35.2. The van der Waals surface area contributed by atoms with Gasteiger partial charge in [-0.3, -0.25) is 14.3 Å². The topological polar surface area (TPSA) is 130 Å². The standard InChI is InChI=1S/C24H34N2O6S/c1-33(31,32)26-24(29)12-8-3-2-7-11-21-20(22(25-30)17-23(21)28)16-15-19(27)14-13-18-9-5-4-6-10-18/h2,4-7,9-10,19-22,27H,3,8,11-17H2,1H3,(H,26,29). The van der Waals surface area contributed by atoms with Crippen LogP contribution in [0.2, 0.25) is 0 Å². The van der Waals surface area contributed by atoms with Crippen LogP contribution in [0.5, 0.6) is 0 Å². The van der Waals surface area contributed by atoms with Gasteiger partial charge in [-0.1, -0.05) is 47.7 Å². The lowest BCUT2D eigenvalue weighted by atomic mass is 9.85. The molecule has 0 saturated heterocycles. The van der Waals surface area contributed by atoms with Crippen LogP contribution in [0.15, 0.2) is 47.7 Å². The van der Waals surface area contributed by atoms with E-state index in [2.05, 4.69) is 5.18 Å². The average molecular weight is 479 g/mol. The lowest BCUT2D eigenvalue weighted by Crippen LogP contribution is -2.28. The molecule has 8 nitrogen and oxygen atoms in total. The van der Waals surface area contributed by atoms with Gasteiger partial charge in [-0.15, -0.1) is 0 Å². The Labute approximate surface area is 195 Å². The third kappa shape index (κ3) is 9.96. The lowest BCUT2D eigenvalue weighted by molar-refractivity contribution is -0.121. The minimum atomic E-state index is -3.54. The zero-order valence-corrected chi connectivity index (χ0v) is 19.9. The van der Waals surface area contributed by atoms with Crippen molar-refractivity contribution in [2.75, 3.05) is 6.26 Å². The Kier molecular flexibility index (Phi) is 10.9. The van der Waals surface area contributed by atoms with Gasteiger partial charge < -0.3 is 5.11 Å². The van der Waals surface area contributed by atoms with Gasteiger partial charge in [-0.25, -0.2) is 8.42 Å². The van der Waals surface area contributed by atoms with E-state index in [1.165, 1.54) is 0 Å². The summed E-state index contributed by atoms with van der Waals surface area (Å²) in [5.74, 6) is -0.978. The highest BCUT2D eigenvalue weighted by molar-refractivity contribution is 7.89. The van der Waals surface area contributed by atoms with E-state index in [1.807, 2.05) is 47.2 Å². The quantitative estimate of drug-likeness (QED) is 0.240. The first-order valence-corrected chi connectivity index (χ1v) is 13.3. The Hall–Kier alpha value is -2.39. The fourth-order valence-corrected chi connectivity index (χ4v) is 4.85. The van der Waals surface area contributed by atoms with E-state index in [-0.39, 0.29) is 30.5 Å². The summed E-state index contributed by atoms with van der Waals surface area (Å²) in [6, 6.07) is 9.39. The highest BCUT2D eigenvalue weighted by Gasteiger charge is 2.42.